The maximum absolute atomic E-state index is 11.0. The third kappa shape index (κ3) is 3.05. The molecule has 0 aliphatic carbocycles. The van der Waals surface area contributed by atoms with Crippen LogP contribution < -0.4 is 0 Å². The molecule has 0 radical (unpaired) electrons. The summed E-state index contributed by atoms with van der Waals surface area (Å²) in [6, 6.07) is 0. The Kier molecular flexibility index (Phi) is 3.29. The van der Waals surface area contributed by atoms with Crippen LogP contribution in [0.1, 0.15) is 33.6 Å². The average Bonchev–Trinajstić information content (AvgIpc) is 2.30. The summed E-state index contributed by atoms with van der Waals surface area (Å²) in [4.78, 5) is 11.0. The van der Waals surface area contributed by atoms with Crippen LogP contribution in [-0.2, 0) is 9.53 Å². The molecule has 1 aliphatic rings. The van der Waals surface area contributed by atoms with E-state index in [2.05, 4.69) is 19.9 Å². The van der Waals surface area contributed by atoms with Crippen molar-refractivity contribution in [3.8, 4) is 0 Å². The zero-order valence-corrected chi connectivity index (χ0v) is 8.46. The monoisotopic (exact) mass is 180 g/mol. The summed E-state index contributed by atoms with van der Waals surface area (Å²) in [5, 5.41) is 0. The van der Waals surface area contributed by atoms with Crippen molar-refractivity contribution in [3.05, 3.63) is 23.5 Å². The van der Waals surface area contributed by atoms with Gasteiger partial charge in [-0.25, -0.2) is 0 Å². The molecule has 0 aromatic rings. The van der Waals surface area contributed by atoms with Gasteiger partial charge in [0.05, 0.1) is 5.92 Å². The number of hydrogen-bond acceptors (Lipinski definition) is 2. The molecule has 1 aliphatic heterocycles. The van der Waals surface area contributed by atoms with Gasteiger partial charge >= 0.3 is 5.97 Å². The second-order valence-electron chi connectivity index (χ2n) is 3.66. The SMILES string of the molecule is CC(C)=CCCC1=CC(C)C(=O)O1. The molecule has 13 heavy (non-hydrogen) atoms. The van der Waals surface area contributed by atoms with Crippen molar-refractivity contribution in [1.29, 1.82) is 0 Å². The number of ether oxygens (including phenoxy) is 1. The summed E-state index contributed by atoms with van der Waals surface area (Å²) in [7, 11) is 0. The first-order chi connectivity index (χ1) is 6.09. The van der Waals surface area contributed by atoms with Crippen LogP contribution in [0.15, 0.2) is 23.5 Å². The van der Waals surface area contributed by atoms with Crippen molar-refractivity contribution < 1.29 is 9.53 Å². The number of allylic oxidation sites excluding steroid dienone is 3. The largest absolute Gasteiger partial charge is 0.431 e. The number of cyclic esters (lactones) is 1. The van der Waals surface area contributed by atoms with E-state index in [4.69, 9.17) is 4.74 Å². The van der Waals surface area contributed by atoms with Gasteiger partial charge in [-0.05, 0) is 33.3 Å². The van der Waals surface area contributed by atoms with Crippen LogP contribution in [0.2, 0.25) is 0 Å². The molecule has 2 nitrogen and oxygen atoms in total. The molecule has 0 saturated heterocycles. The molecule has 0 aromatic heterocycles. The third-order valence-corrected chi connectivity index (χ3v) is 1.98. The van der Waals surface area contributed by atoms with E-state index in [-0.39, 0.29) is 11.9 Å². The van der Waals surface area contributed by atoms with Crippen LogP contribution in [0.4, 0.5) is 0 Å². The maximum atomic E-state index is 11.0. The van der Waals surface area contributed by atoms with E-state index in [9.17, 15) is 4.79 Å². The normalized spacial score (nSPS) is 21.0. The van der Waals surface area contributed by atoms with Gasteiger partial charge in [-0.15, -0.1) is 0 Å². The highest BCUT2D eigenvalue weighted by Gasteiger charge is 2.21. The van der Waals surface area contributed by atoms with Gasteiger partial charge in [0.2, 0.25) is 0 Å². The standard InChI is InChI=1S/C11H16O2/c1-8(2)5-4-6-10-7-9(3)11(12)13-10/h5,7,9H,4,6H2,1-3H3. The van der Waals surface area contributed by atoms with Crippen LogP contribution in [0, 0.1) is 5.92 Å². The quantitative estimate of drug-likeness (QED) is 0.493. The van der Waals surface area contributed by atoms with E-state index in [1.165, 1.54) is 5.57 Å². The fourth-order valence-corrected chi connectivity index (χ4v) is 1.24. The van der Waals surface area contributed by atoms with Crippen molar-refractivity contribution in [2.24, 2.45) is 5.92 Å². The number of rotatable bonds is 3. The number of carbonyl (C=O) groups excluding carboxylic acids is 1. The Labute approximate surface area is 79.3 Å². The van der Waals surface area contributed by atoms with Crippen LogP contribution in [-0.4, -0.2) is 5.97 Å². The highest BCUT2D eigenvalue weighted by molar-refractivity contribution is 5.77. The summed E-state index contributed by atoms with van der Waals surface area (Å²) in [6.07, 6.45) is 5.84. The smallest absolute Gasteiger partial charge is 0.317 e. The van der Waals surface area contributed by atoms with Crippen LogP contribution >= 0.6 is 0 Å². The van der Waals surface area contributed by atoms with Crippen molar-refractivity contribution in [1.82, 2.24) is 0 Å². The Morgan fingerprint density at radius 2 is 2.31 bits per heavy atom. The molecule has 0 fully saturated rings. The predicted octanol–water partition coefficient (Wildman–Crippen LogP) is 2.81. The predicted molar refractivity (Wildman–Crippen MR) is 52.0 cm³/mol. The molecule has 0 amide bonds. The minimum absolute atomic E-state index is 0.0540. The lowest BCUT2D eigenvalue weighted by Gasteiger charge is -1.99. The van der Waals surface area contributed by atoms with Crippen LogP contribution in [0.25, 0.3) is 0 Å². The molecule has 72 valence electrons. The van der Waals surface area contributed by atoms with Gasteiger partial charge < -0.3 is 4.74 Å². The number of carbonyl (C=O) groups is 1. The fraction of sp³-hybridized carbons (Fsp3) is 0.545. The first-order valence-corrected chi connectivity index (χ1v) is 4.65. The van der Waals surface area contributed by atoms with Gasteiger partial charge in [0, 0.05) is 6.42 Å². The van der Waals surface area contributed by atoms with Crippen molar-refractivity contribution in [3.63, 3.8) is 0 Å². The molecule has 0 bridgehead atoms. The zero-order valence-electron chi connectivity index (χ0n) is 8.46. The summed E-state index contributed by atoms with van der Waals surface area (Å²) >= 11 is 0. The molecule has 1 rings (SSSR count). The third-order valence-electron chi connectivity index (χ3n) is 1.98. The molecule has 0 aromatic carbocycles. The summed E-state index contributed by atoms with van der Waals surface area (Å²) in [5.74, 6) is 0.656. The molecule has 1 heterocycles. The van der Waals surface area contributed by atoms with E-state index in [1.54, 1.807) is 0 Å². The van der Waals surface area contributed by atoms with Crippen molar-refractivity contribution >= 4 is 5.97 Å². The van der Waals surface area contributed by atoms with Gasteiger partial charge in [-0.2, -0.15) is 0 Å². The first kappa shape index (κ1) is 10.0. The number of esters is 1. The van der Waals surface area contributed by atoms with E-state index < -0.39 is 0 Å². The molecule has 1 atom stereocenters. The molecule has 0 saturated carbocycles. The highest BCUT2D eigenvalue weighted by atomic mass is 16.5. The van der Waals surface area contributed by atoms with E-state index >= 15 is 0 Å². The summed E-state index contributed by atoms with van der Waals surface area (Å²) in [5.41, 5.74) is 1.30. The topological polar surface area (TPSA) is 26.3 Å². The molecule has 0 spiro atoms. The van der Waals surface area contributed by atoms with Gasteiger partial charge in [-0.1, -0.05) is 11.6 Å². The second kappa shape index (κ2) is 4.26. The van der Waals surface area contributed by atoms with Crippen LogP contribution in [0.3, 0.4) is 0 Å². The van der Waals surface area contributed by atoms with Gasteiger partial charge in [0.25, 0.3) is 0 Å². The Balaban J connectivity index is 2.36. The molecule has 1 unspecified atom stereocenters. The molecular weight excluding hydrogens is 164 g/mol. The first-order valence-electron chi connectivity index (χ1n) is 4.65. The highest BCUT2D eigenvalue weighted by Crippen LogP contribution is 2.21. The van der Waals surface area contributed by atoms with Gasteiger partial charge in [0.15, 0.2) is 0 Å². The van der Waals surface area contributed by atoms with E-state index in [0.29, 0.717) is 0 Å². The van der Waals surface area contributed by atoms with E-state index in [0.717, 1.165) is 18.6 Å². The molecular formula is C11H16O2. The fourth-order valence-electron chi connectivity index (χ4n) is 1.24. The Bertz CT molecular complexity index is 257. The van der Waals surface area contributed by atoms with Crippen molar-refractivity contribution in [2.75, 3.05) is 0 Å². The Morgan fingerprint density at radius 3 is 2.77 bits per heavy atom. The number of hydrogen-bond donors (Lipinski definition) is 0. The molecule has 2 heteroatoms. The molecule has 0 N–H and O–H groups in total. The summed E-state index contributed by atoms with van der Waals surface area (Å²) < 4.78 is 5.05. The van der Waals surface area contributed by atoms with Crippen LogP contribution in [0.5, 0.6) is 0 Å². The van der Waals surface area contributed by atoms with Gasteiger partial charge in [-0.3, -0.25) is 4.79 Å². The lowest BCUT2D eigenvalue weighted by Crippen LogP contribution is -2.03. The van der Waals surface area contributed by atoms with E-state index in [1.807, 2.05) is 13.0 Å². The van der Waals surface area contributed by atoms with Gasteiger partial charge in [0.1, 0.15) is 5.76 Å². The lowest BCUT2D eigenvalue weighted by atomic mass is 10.1. The second-order valence-corrected chi connectivity index (χ2v) is 3.66. The minimum atomic E-state index is -0.118. The lowest BCUT2D eigenvalue weighted by molar-refractivity contribution is -0.139. The Hall–Kier alpha value is -1.05. The minimum Gasteiger partial charge on any atom is -0.431 e. The zero-order chi connectivity index (χ0) is 9.84. The Morgan fingerprint density at radius 1 is 1.62 bits per heavy atom. The average molecular weight is 180 g/mol. The van der Waals surface area contributed by atoms with Crippen molar-refractivity contribution in [2.45, 2.75) is 33.6 Å². The maximum Gasteiger partial charge on any atom is 0.317 e. The summed E-state index contributed by atoms with van der Waals surface area (Å²) in [6.45, 7) is 5.99.